The molecule has 0 atom stereocenters. The summed E-state index contributed by atoms with van der Waals surface area (Å²) in [6.45, 7) is 2.13. The summed E-state index contributed by atoms with van der Waals surface area (Å²) in [5.41, 5.74) is -0.372. The Balaban J connectivity index is 1.71. The van der Waals surface area contributed by atoms with E-state index >= 15 is 4.39 Å². The highest BCUT2D eigenvalue weighted by Crippen LogP contribution is 2.44. The van der Waals surface area contributed by atoms with Crippen molar-refractivity contribution in [1.29, 1.82) is 0 Å². The molecule has 0 N–H and O–H groups in total. The van der Waals surface area contributed by atoms with Gasteiger partial charge in [0.25, 0.3) is 0 Å². The van der Waals surface area contributed by atoms with Crippen LogP contribution in [0.4, 0.5) is 30.7 Å². The molecular formula is C26H21F7. The van der Waals surface area contributed by atoms with E-state index in [1.165, 1.54) is 0 Å². The van der Waals surface area contributed by atoms with Crippen molar-refractivity contribution in [2.75, 3.05) is 0 Å². The van der Waals surface area contributed by atoms with Crippen LogP contribution in [0.25, 0.3) is 22.3 Å². The van der Waals surface area contributed by atoms with Crippen molar-refractivity contribution in [3.8, 4) is 22.3 Å². The van der Waals surface area contributed by atoms with Gasteiger partial charge >= 0.3 is 6.18 Å². The number of rotatable bonds is 6. The summed E-state index contributed by atoms with van der Waals surface area (Å²) >= 11 is 0. The van der Waals surface area contributed by atoms with Crippen molar-refractivity contribution in [2.24, 2.45) is 0 Å². The van der Waals surface area contributed by atoms with Gasteiger partial charge in [0.2, 0.25) is 0 Å². The Morgan fingerprint density at radius 1 is 0.788 bits per heavy atom. The summed E-state index contributed by atoms with van der Waals surface area (Å²) < 4.78 is 96.9. The highest BCUT2D eigenvalue weighted by atomic mass is 19.4. The molecule has 3 aromatic carbocycles. The zero-order valence-electron chi connectivity index (χ0n) is 17.9. The van der Waals surface area contributed by atoms with Gasteiger partial charge in [-0.05, 0) is 58.9 Å². The molecule has 0 spiro atoms. The maximum absolute atomic E-state index is 15.4. The lowest BCUT2D eigenvalue weighted by Crippen LogP contribution is -2.12. The van der Waals surface area contributed by atoms with Crippen LogP contribution in [0, 0.1) is 23.3 Å². The van der Waals surface area contributed by atoms with Crippen molar-refractivity contribution in [2.45, 2.75) is 51.6 Å². The topological polar surface area (TPSA) is 0 Å². The number of benzene rings is 3. The molecule has 174 valence electrons. The summed E-state index contributed by atoms with van der Waals surface area (Å²) in [5.74, 6) is -5.97. The Morgan fingerprint density at radius 2 is 1.48 bits per heavy atom. The standard InChI is InChI=1S/C26H21F7/c1-2-3-4-5-6-14-7-8-17-15(9-14)10-19-18(17)13-20(27)23(25(19)30)16-11-21(28)24(22(29)12-16)26(31,32)33/h7-9,11-13H,2-6,10H2,1H3. The van der Waals surface area contributed by atoms with Gasteiger partial charge in [0, 0.05) is 12.0 Å². The molecule has 0 amide bonds. The number of alkyl halides is 3. The van der Waals surface area contributed by atoms with E-state index in [4.69, 9.17) is 0 Å². The van der Waals surface area contributed by atoms with Crippen LogP contribution in [0.5, 0.6) is 0 Å². The van der Waals surface area contributed by atoms with Gasteiger partial charge in [-0.3, -0.25) is 0 Å². The Morgan fingerprint density at radius 3 is 2.12 bits per heavy atom. The van der Waals surface area contributed by atoms with Crippen LogP contribution in [0.1, 0.15) is 54.9 Å². The molecule has 1 aliphatic rings. The van der Waals surface area contributed by atoms with Gasteiger partial charge in [-0.1, -0.05) is 44.4 Å². The average molecular weight is 466 g/mol. The fourth-order valence-electron chi connectivity index (χ4n) is 4.48. The lowest BCUT2D eigenvalue weighted by molar-refractivity contribution is -0.142. The van der Waals surface area contributed by atoms with Gasteiger partial charge in [-0.2, -0.15) is 13.2 Å². The maximum Gasteiger partial charge on any atom is 0.422 e. The molecule has 0 bridgehead atoms. The molecule has 4 rings (SSSR count). The molecule has 0 nitrogen and oxygen atoms in total. The molecule has 0 unspecified atom stereocenters. The lowest BCUT2D eigenvalue weighted by Gasteiger charge is -2.14. The minimum Gasteiger partial charge on any atom is -0.206 e. The molecule has 0 heterocycles. The fourth-order valence-corrected chi connectivity index (χ4v) is 4.48. The van der Waals surface area contributed by atoms with Crippen LogP contribution in [-0.2, 0) is 19.0 Å². The van der Waals surface area contributed by atoms with Crippen molar-refractivity contribution in [1.82, 2.24) is 0 Å². The normalized spacial score (nSPS) is 12.7. The van der Waals surface area contributed by atoms with Crippen molar-refractivity contribution < 1.29 is 30.7 Å². The molecule has 0 radical (unpaired) electrons. The molecular weight excluding hydrogens is 445 g/mol. The summed E-state index contributed by atoms with van der Waals surface area (Å²) in [7, 11) is 0. The predicted molar refractivity (Wildman–Crippen MR) is 113 cm³/mol. The predicted octanol–water partition coefficient (Wildman–Crippen LogP) is 8.62. The van der Waals surface area contributed by atoms with Crippen LogP contribution < -0.4 is 0 Å². The van der Waals surface area contributed by atoms with Gasteiger partial charge < -0.3 is 0 Å². The smallest absolute Gasteiger partial charge is 0.206 e. The molecule has 0 aromatic heterocycles. The summed E-state index contributed by atoms with van der Waals surface area (Å²) in [6.07, 6.45) is 0.175. The van der Waals surface area contributed by atoms with Gasteiger partial charge in [-0.25, -0.2) is 17.6 Å². The highest BCUT2D eigenvalue weighted by Gasteiger charge is 2.38. The minimum atomic E-state index is -5.27. The van der Waals surface area contributed by atoms with Crippen molar-refractivity contribution >= 4 is 0 Å². The third-order valence-corrected chi connectivity index (χ3v) is 6.08. The first-order valence-corrected chi connectivity index (χ1v) is 10.8. The van der Waals surface area contributed by atoms with Gasteiger partial charge in [0.1, 0.15) is 28.8 Å². The van der Waals surface area contributed by atoms with Gasteiger partial charge in [-0.15, -0.1) is 0 Å². The molecule has 1 aliphatic carbocycles. The quantitative estimate of drug-likeness (QED) is 0.197. The Bertz CT molecular complexity index is 1190. The Hall–Kier alpha value is -2.83. The Labute approximate surface area is 187 Å². The third-order valence-electron chi connectivity index (χ3n) is 6.08. The molecule has 7 heteroatoms. The highest BCUT2D eigenvalue weighted by molar-refractivity contribution is 5.81. The molecule has 3 aromatic rings. The first-order valence-electron chi connectivity index (χ1n) is 10.8. The van der Waals surface area contributed by atoms with E-state index in [1.54, 1.807) is 0 Å². The van der Waals surface area contributed by atoms with E-state index in [0.29, 0.717) is 23.3 Å². The average Bonchev–Trinajstić information content (AvgIpc) is 3.08. The third kappa shape index (κ3) is 4.37. The number of aryl methyl sites for hydroxylation is 1. The van der Waals surface area contributed by atoms with Crippen molar-refractivity contribution in [3.63, 3.8) is 0 Å². The van der Waals surface area contributed by atoms with E-state index < -0.39 is 46.1 Å². The van der Waals surface area contributed by atoms with Crippen molar-refractivity contribution in [3.05, 3.63) is 81.9 Å². The van der Waals surface area contributed by atoms with Crippen LogP contribution >= 0.6 is 0 Å². The van der Waals surface area contributed by atoms with Gasteiger partial charge in [0.15, 0.2) is 0 Å². The first-order chi connectivity index (χ1) is 15.6. The largest absolute Gasteiger partial charge is 0.422 e. The Kier molecular flexibility index (Phi) is 6.25. The van der Waals surface area contributed by atoms with Crippen LogP contribution in [0.15, 0.2) is 36.4 Å². The van der Waals surface area contributed by atoms with E-state index in [1.807, 2.05) is 18.2 Å². The molecule has 33 heavy (non-hydrogen) atoms. The zero-order valence-corrected chi connectivity index (χ0v) is 17.9. The number of halogens is 7. The minimum absolute atomic E-state index is 0.158. The zero-order chi connectivity index (χ0) is 23.9. The van der Waals surface area contributed by atoms with E-state index in [2.05, 4.69) is 6.92 Å². The summed E-state index contributed by atoms with van der Waals surface area (Å²) in [5, 5.41) is 0. The molecule has 0 aliphatic heterocycles. The second-order valence-corrected chi connectivity index (χ2v) is 8.37. The van der Waals surface area contributed by atoms with E-state index in [9.17, 15) is 26.3 Å². The number of hydrogen-bond donors (Lipinski definition) is 0. The summed E-state index contributed by atoms with van der Waals surface area (Å²) in [6, 6.07) is 7.40. The monoisotopic (exact) mass is 466 g/mol. The second-order valence-electron chi connectivity index (χ2n) is 8.37. The molecule has 0 saturated carbocycles. The van der Waals surface area contributed by atoms with Crippen LogP contribution in [-0.4, -0.2) is 0 Å². The fraction of sp³-hybridized carbons (Fsp3) is 0.308. The van der Waals surface area contributed by atoms with E-state index in [0.717, 1.165) is 49.3 Å². The lowest BCUT2D eigenvalue weighted by atomic mass is 9.96. The maximum atomic E-state index is 15.4. The second kappa shape index (κ2) is 8.84. The summed E-state index contributed by atoms with van der Waals surface area (Å²) in [4.78, 5) is 0. The number of unbranched alkanes of at least 4 members (excludes halogenated alkanes) is 3. The molecule has 0 saturated heterocycles. The van der Waals surface area contributed by atoms with Crippen LogP contribution in [0.3, 0.4) is 0 Å². The van der Waals surface area contributed by atoms with Gasteiger partial charge in [0.05, 0.1) is 5.56 Å². The number of fused-ring (bicyclic) bond motifs is 3. The van der Waals surface area contributed by atoms with E-state index in [-0.39, 0.29) is 12.0 Å². The first kappa shape index (κ1) is 23.3. The SMILES string of the molecule is CCCCCCc1ccc2c(c1)Cc1c-2cc(F)c(-c2cc(F)c(C(F)(F)F)c(F)c2)c1F. The molecule has 0 fully saturated rings. The van der Waals surface area contributed by atoms with Crippen LogP contribution in [0.2, 0.25) is 0 Å². The number of hydrogen-bond acceptors (Lipinski definition) is 0.